The third-order valence-corrected chi connectivity index (χ3v) is 13.3. The first kappa shape index (κ1) is 47.2. The van der Waals surface area contributed by atoms with Gasteiger partial charge in [-0.2, -0.15) is 0 Å². The second kappa shape index (κ2) is 16.8. The van der Waals surface area contributed by atoms with Crippen LogP contribution < -0.4 is 5.32 Å². The molecule has 1 aromatic rings. The molecule has 4 fully saturated rings. The van der Waals surface area contributed by atoms with Crippen molar-refractivity contribution in [3.63, 3.8) is 0 Å². The van der Waals surface area contributed by atoms with Gasteiger partial charge in [-0.05, 0) is 83.2 Å². The van der Waals surface area contributed by atoms with Crippen LogP contribution in [-0.4, -0.2) is 107 Å². The first-order chi connectivity index (χ1) is 27.4. The molecule has 60 heavy (non-hydrogen) atoms. The van der Waals surface area contributed by atoms with Crippen molar-refractivity contribution in [3.05, 3.63) is 59.7 Å². The highest BCUT2D eigenvalue weighted by atomic mass is 16.7. The van der Waals surface area contributed by atoms with Gasteiger partial charge in [0.25, 0.3) is 0 Å². The van der Waals surface area contributed by atoms with Crippen LogP contribution in [0, 0.1) is 28.6 Å². The van der Waals surface area contributed by atoms with E-state index in [0.29, 0.717) is 17.6 Å². The Balaban J connectivity index is 0.00000683. The minimum absolute atomic E-state index is 0. The van der Waals surface area contributed by atoms with Crippen molar-refractivity contribution in [1.29, 1.82) is 0 Å². The molecule has 2 aliphatic heterocycles. The van der Waals surface area contributed by atoms with Crippen LogP contribution in [0.25, 0.3) is 0 Å². The highest BCUT2D eigenvalue weighted by Crippen LogP contribution is 2.70. The summed E-state index contributed by atoms with van der Waals surface area (Å²) in [4.78, 5) is 54.6. The lowest BCUT2D eigenvalue weighted by atomic mass is 9.49. The first-order valence-corrected chi connectivity index (χ1v) is 20.7. The van der Waals surface area contributed by atoms with Crippen molar-refractivity contribution >= 4 is 24.0 Å². The molecule has 2 saturated heterocycles. The van der Waals surface area contributed by atoms with Gasteiger partial charge in [0.05, 0.1) is 47.4 Å². The molecule has 0 bridgehead atoms. The minimum atomic E-state index is -1.79. The zero-order chi connectivity index (χ0) is 43.6. The Morgan fingerprint density at radius 3 is 2.23 bits per heavy atom. The Bertz CT molecular complexity index is 1830. The number of hydrogen-bond donors (Lipinski definition) is 3. The van der Waals surface area contributed by atoms with Crippen LogP contribution in [0.4, 0.5) is 4.79 Å². The van der Waals surface area contributed by atoms with Gasteiger partial charge >= 0.3 is 24.0 Å². The Kier molecular flexibility index (Phi) is 13.2. The summed E-state index contributed by atoms with van der Waals surface area (Å²) < 4.78 is 44.4. The van der Waals surface area contributed by atoms with Gasteiger partial charge in [-0.1, -0.05) is 59.9 Å². The van der Waals surface area contributed by atoms with Crippen molar-refractivity contribution in [2.75, 3.05) is 6.61 Å². The van der Waals surface area contributed by atoms with Crippen LogP contribution in [-0.2, 0) is 42.7 Å². The third-order valence-electron chi connectivity index (χ3n) is 13.3. The number of nitrogens with one attached hydrogen (secondary N) is 1. The van der Waals surface area contributed by atoms with E-state index in [4.69, 9.17) is 33.2 Å². The summed E-state index contributed by atoms with van der Waals surface area (Å²) in [5.41, 5.74) is -4.92. The number of ether oxygens (including phenoxy) is 7. The van der Waals surface area contributed by atoms with Gasteiger partial charge in [0, 0.05) is 31.1 Å². The topological polar surface area (TPSA) is 185 Å². The summed E-state index contributed by atoms with van der Waals surface area (Å²) in [6.07, 6.45) is -5.55. The van der Waals surface area contributed by atoms with Crippen molar-refractivity contribution < 1.29 is 62.5 Å². The molecule has 2 saturated carbocycles. The van der Waals surface area contributed by atoms with Crippen LogP contribution in [0.15, 0.2) is 54.1 Å². The zero-order valence-corrected chi connectivity index (χ0v) is 36.2. The van der Waals surface area contributed by atoms with Crippen molar-refractivity contribution in [1.82, 2.24) is 5.32 Å². The van der Waals surface area contributed by atoms with Gasteiger partial charge in [-0.3, -0.25) is 4.79 Å². The second-order valence-electron chi connectivity index (χ2n) is 19.3. The van der Waals surface area contributed by atoms with E-state index in [-0.39, 0.29) is 38.4 Å². The maximum absolute atomic E-state index is 14.5. The molecule has 6 rings (SSSR count). The smallest absolute Gasteiger partial charge is 0.407 e. The molecule has 0 aromatic heterocycles. The molecular formula is C46H67NO13. The van der Waals surface area contributed by atoms with Gasteiger partial charge < -0.3 is 48.7 Å². The summed E-state index contributed by atoms with van der Waals surface area (Å²) in [5.74, 6) is -3.69. The Morgan fingerprint density at radius 2 is 1.70 bits per heavy atom. The van der Waals surface area contributed by atoms with Crippen LogP contribution in [0.2, 0.25) is 0 Å². The monoisotopic (exact) mass is 841 g/mol. The number of esters is 3. The predicted octanol–water partition coefficient (Wildman–Crippen LogP) is 6.21. The molecule has 1 amide bonds. The maximum Gasteiger partial charge on any atom is 0.407 e. The van der Waals surface area contributed by atoms with Crippen molar-refractivity contribution in [2.24, 2.45) is 28.6 Å². The first-order valence-electron chi connectivity index (χ1n) is 20.7. The molecule has 3 unspecified atom stereocenters. The number of aliphatic hydroxyl groups is 2. The highest BCUT2D eigenvalue weighted by molar-refractivity contribution is 5.89. The van der Waals surface area contributed by atoms with Crippen LogP contribution >= 0.6 is 0 Å². The van der Waals surface area contributed by atoms with Gasteiger partial charge in [0.1, 0.15) is 23.9 Å². The zero-order valence-electron chi connectivity index (χ0n) is 36.2. The Morgan fingerprint density at radius 1 is 1.05 bits per heavy atom. The third kappa shape index (κ3) is 8.03. The van der Waals surface area contributed by atoms with Crippen LogP contribution in [0.1, 0.15) is 113 Å². The number of carbonyl (C=O) groups excluding carboxylic acids is 4. The number of rotatable bonds is 11. The highest BCUT2D eigenvalue weighted by Gasteiger charge is 2.80. The summed E-state index contributed by atoms with van der Waals surface area (Å²) in [7, 11) is 0. The molecule has 2 heterocycles. The van der Waals surface area contributed by atoms with Gasteiger partial charge in [-0.15, -0.1) is 0 Å². The second-order valence-corrected chi connectivity index (χ2v) is 19.3. The van der Waals surface area contributed by atoms with E-state index in [0.717, 1.165) is 0 Å². The van der Waals surface area contributed by atoms with Crippen molar-refractivity contribution in [3.8, 4) is 0 Å². The number of aliphatic hydroxyl groups excluding tert-OH is 1. The number of benzene rings is 1. The molecule has 1 aromatic carbocycles. The average Bonchev–Trinajstić information content (AvgIpc) is 3.39. The lowest BCUT2D eigenvalue weighted by Gasteiger charge is -2.67. The van der Waals surface area contributed by atoms with Crippen molar-refractivity contribution in [2.45, 2.75) is 169 Å². The van der Waals surface area contributed by atoms with Gasteiger partial charge in [0.15, 0.2) is 18.0 Å². The fourth-order valence-corrected chi connectivity index (χ4v) is 11.1. The summed E-state index contributed by atoms with van der Waals surface area (Å²) in [6, 6.07) is 7.43. The van der Waals surface area contributed by atoms with Crippen LogP contribution in [0.3, 0.4) is 0 Å². The molecule has 0 spiro atoms. The Hall–Kier alpha value is -3.82. The normalized spacial score (nSPS) is 35.4. The molecule has 13 atom stereocenters. The molecule has 5 aliphatic rings. The molecule has 334 valence electrons. The van der Waals surface area contributed by atoms with Gasteiger partial charge in [0.2, 0.25) is 0 Å². The van der Waals surface area contributed by atoms with E-state index in [2.05, 4.69) is 11.9 Å². The lowest BCUT2D eigenvalue weighted by molar-refractivity contribution is -0.391. The molecule has 0 radical (unpaired) electrons. The number of amides is 1. The SMILES string of the molecule is C.C=CC1O[C@H]2C[C@H]3OC[C@@]3(OC(C)=O)[C@H]3[C@H](OC(=O)c4ccccc4)[C@]4(C(C)(C)O)CC(OC(=O)[C@H](O)C(CC(C)C)NC(=O)OC(C)(C)C)C(C)=C4[C@H](C)[C@H](O1)[C@]23C. The van der Waals surface area contributed by atoms with E-state index in [1.54, 1.807) is 78.0 Å². The number of alkyl carbamates (subject to hydrolysis) is 1. The average molecular weight is 842 g/mol. The van der Waals surface area contributed by atoms with E-state index < -0.39 is 112 Å². The number of fused-ring (bicyclic) bond motifs is 3. The molecule has 14 heteroatoms. The quantitative estimate of drug-likeness (QED) is 0.130. The van der Waals surface area contributed by atoms with E-state index in [1.807, 2.05) is 27.7 Å². The molecule has 14 nitrogen and oxygen atoms in total. The predicted molar refractivity (Wildman–Crippen MR) is 220 cm³/mol. The molecule has 3 N–H and O–H groups in total. The number of carbonyl (C=O) groups is 4. The summed E-state index contributed by atoms with van der Waals surface area (Å²) in [5, 5.41) is 27.0. The lowest BCUT2D eigenvalue weighted by Crippen LogP contribution is -2.80. The van der Waals surface area contributed by atoms with E-state index >= 15 is 0 Å². The fourth-order valence-electron chi connectivity index (χ4n) is 11.1. The van der Waals surface area contributed by atoms with Gasteiger partial charge in [-0.25, -0.2) is 14.4 Å². The largest absolute Gasteiger partial charge is 0.457 e. The number of hydrogen-bond acceptors (Lipinski definition) is 13. The molecule has 3 aliphatic carbocycles. The maximum atomic E-state index is 14.5. The summed E-state index contributed by atoms with van der Waals surface area (Å²) in [6.45, 7) is 23.2. The van der Waals surface area contributed by atoms with Crippen LogP contribution in [0.5, 0.6) is 0 Å². The summed E-state index contributed by atoms with van der Waals surface area (Å²) >= 11 is 0. The van der Waals surface area contributed by atoms with E-state index in [9.17, 15) is 29.4 Å². The molecular weight excluding hydrogens is 774 g/mol. The van der Waals surface area contributed by atoms with E-state index in [1.165, 1.54) is 6.92 Å². The minimum Gasteiger partial charge on any atom is -0.457 e. The Labute approximate surface area is 354 Å². The standard InChI is InChI=1S/C45H63NO13.CH4/c1-13-32-55-30-20-31-45(22-53-31,58-26(6)47)35-37(57-38(49)27-17-15-14-16-18-27)44(42(10,11)52)21-29(24(4)33(44)25(5)36(56-32)43(30,35)12)54-39(50)34(48)28(19-23(2)3)46-40(51)59-41(7,8)9;/h13-18,23,25,28-32,34-37,48,52H,1,19-22H2,2-12H3,(H,46,51);1H4/t25-,28?,29?,30-,31+,32?,34+,35-,36-,37-,43+,44-,45-;/m0./s1. The fraction of sp³-hybridized carbons (Fsp3) is 0.696.